The van der Waals surface area contributed by atoms with Crippen molar-refractivity contribution in [2.24, 2.45) is 16.2 Å². The summed E-state index contributed by atoms with van der Waals surface area (Å²) in [5.41, 5.74) is 11.7. The largest absolute Gasteiger partial charge is 0.504 e. The first-order valence-electron chi connectivity index (χ1n) is 22.7. The van der Waals surface area contributed by atoms with Gasteiger partial charge in [0.05, 0.1) is 30.0 Å². The highest BCUT2D eigenvalue weighted by Gasteiger charge is 2.34. The van der Waals surface area contributed by atoms with Crippen molar-refractivity contribution < 1.29 is 48.0 Å². The van der Waals surface area contributed by atoms with Crippen molar-refractivity contribution in [3.05, 3.63) is 103 Å². The van der Waals surface area contributed by atoms with Gasteiger partial charge in [-0.15, -0.1) is 0 Å². The van der Waals surface area contributed by atoms with Gasteiger partial charge in [-0.1, -0.05) is 25.1 Å². The summed E-state index contributed by atoms with van der Waals surface area (Å²) in [5, 5.41) is 14.4. The Hall–Kier alpha value is -6.52. The molecule has 3 amide bonds. The molecule has 6 heterocycles. The standard InChI is InChI=1S/C25H31N3O4.C11H15BrN2O3.C10H11BrN2O2.C5H5BrN2O/c1-6-12-31-22-17(2)8-7-9-19(22)15-28(5)21(29)11-10-18-13-20-23(26-14-18)27-24(30)25(3,4)16-32-20;1-11(2,10(15)16-3)6-17-8-4-7(12)5-14-9(8)13;1-10(2)5-15-7-3-6(11)4-12-8(7)13-9(10)14;6-3-1-4(9)5(7)8-2-3/h7-11,13-14H,6,12,15-16H2,1-5H3,(H,26,27,30);4-5H,6H2,1-3H3,(H2,13,14);3-4H,5H2,1-2H3,(H,12,13,14);1-2,9H,(H2,7,8)/b11-10+;;;. The summed E-state index contributed by atoms with van der Waals surface area (Å²) in [6.07, 6.45) is 10.4. The number of nitrogens with one attached hydrogen (secondary N) is 2. The number of nitrogens with zero attached hydrogens (tertiary/aromatic N) is 5. The zero-order valence-corrected chi connectivity index (χ0v) is 47.2. The van der Waals surface area contributed by atoms with Crippen LogP contribution in [0.15, 0.2) is 86.7 Å². The number of aryl methyl sites for hydroxylation is 1. The number of methoxy groups -OCH3 is 1. The summed E-state index contributed by atoms with van der Waals surface area (Å²) in [6, 6.07) is 12.7. The van der Waals surface area contributed by atoms with E-state index in [2.05, 4.69) is 90.0 Å². The van der Waals surface area contributed by atoms with Crippen LogP contribution in [0.2, 0.25) is 0 Å². The van der Waals surface area contributed by atoms with Crippen LogP contribution in [0.3, 0.4) is 0 Å². The van der Waals surface area contributed by atoms with Gasteiger partial charge in [-0.05, 0) is 144 Å². The van der Waals surface area contributed by atoms with E-state index in [1.807, 2.05) is 52.8 Å². The Morgan fingerprint density at radius 2 is 1.38 bits per heavy atom. The SMILES string of the molecule is CC1(C)COc2cc(Br)cnc2NC1=O.CCCOc1c(C)cccc1CN(C)C(=O)/C=C/c1cnc2c(c1)OCC(C)(C)C(=O)N2.COC(=O)C(C)(C)COc1cc(Br)cnc1N.Nc1ncc(Br)cc1O. The Labute approximate surface area is 450 Å². The molecule has 0 bridgehead atoms. The number of anilines is 4. The number of para-hydroxylation sites is 1. The van der Waals surface area contributed by atoms with Crippen LogP contribution in [-0.2, 0) is 30.5 Å². The van der Waals surface area contributed by atoms with Crippen LogP contribution < -0.4 is 41.0 Å². The number of rotatable bonds is 11. The molecule has 2 aliphatic heterocycles. The van der Waals surface area contributed by atoms with Crippen LogP contribution in [0.5, 0.6) is 28.7 Å². The minimum absolute atomic E-state index is 0.00405. The highest BCUT2D eigenvalue weighted by Crippen LogP contribution is 2.34. The van der Waals surface area contributed by atoms with E-state index in [1.54, 1.807) is 68.7 Å². The van der Waals surface area contributed by atoms with Gasteiger partial charge in [0.15, 0.2) is 46.3 Å². The second kappa shape index (κ2) is 26.4. The van der Waals surface area contributed by atoms with Crippen LogP contribution >= 0.6 is 47.8 Å². The molecule has 22 heteroatoms. The number of nitrogens with two attached hydrogens (primary N) is 2. The molecule has 19 nitrogen and oxygen atoms in total. The van der Waals surface area contributed by atoms with Gasteiger partial charge in [0.25, 0.3) is 0 Å². The number of carbonyl (C=O) groups is 4. The summed E-state index contributed by atoms with van der Waals surface area (Å²) in [7, 11) is 3.10. The van der Waals surface area contributed by atoms with E-state index >= 15 is 0 Å². The van der Waals surface area contributed by atoms with Crippen molar-refractivity contribution >= 4 is 101 Å². The number of nitrogen functional groups attached to an aromatic ring is 2. The molecule has 0 saturated heterocycles. The number of amides is 3. The molecule has 2 aliphatic rings. The van der Waals surface area contributed by atoms with Gasteiger partial charge < -0.3 is 55.8 Å². The molecule has 0 saturated carbocycles. The fraction of sp³-hybridized carbons (Fsp3) is 0.373. The Bertz CT molecular complexity index is 2790. The van der Waals surface area contributed by atoms with Gasteiger partial charge in [-0.25, -0.2) is 19.9 Å². The maximum absolute atomic E-state index is 12.7. The lowest BCUT2D eigenvalue weighted by Gasteiger charge is -2.21. The van der Waals surface area contributed by atoms with E-state index in [1.165, 1.54) is 25.4 Å². The van der Waals surface area contributed by atoms with E-state index in [0.717, 1.165) is 32.2 Å². The van der Waals surface area contributed by atoms with Crippen molar-refractivity contribution in [1.29, 1.82) is 0 Å². The monoisotopic (exact) mass is 1200 g/mol. The zero-order valence-electron chi connectivity index (χ0n) is 42.4. The molecular weight excluding hydrogens is 1140 g/mol. The Morgan fingerprint density at radius 1 is 0.836 bits per heavy atom. The van der Waals surface area contributed by atoms with Crippen molar-refractivity contribution in [2.45, 2.75) is 68.4 Å². The van der Waals surface area contributed by atoms with E-state index in [4.69, 9.17) is 35.5 Å². The highest BCUT2D eigenvalue weighted by molar-refractivity contribution is 9.11. The molecule has 0 fully saturated rings. The van der Waals surface area contributed by atoms with Crippen LogP contribution in [0.25, 0.3) is 6.08 Å². The van der Waals surface area contributed by atoms with Gasteiger partial charge in [0.2, 0.25) is 17.7 Å². The molecular formula is C51H62Br3N9O10. The predicted octanol–water partition coefficient (Wildman–Crippen LogP) is 9.55. The predicted molar refractivity (Wildman–Crippen MR) is 290 cm³/mol. The molecule has 0 atom stereocenters. The smallest absolute Gasteiger partial charge is 0.314 e. The lowest BCUT2D eigenvalue weighted by atomic mass is 9.94. The Morgan fingerprint density at radius 3 is 1.96 bits per heavy atom. The number of benzene rings is 1. The number of ether oxygens (including phenoxy) is 5. The number of aromatic hydroxyl groups is 1. The van der Waals surface area contributed by atoms with Gasteiger partial charge in [0.1, 0.15) is 25.6 Å². The molecule has 0 aliphatic carbocycles. The molecule has 5 aromatic rings. The van der Waals surface area contributed by atoms with Gasteiger partial charge in [-0.3, -0.25) is 19.2 Å². The number of esters is 1. The Balaban J connectivity index is 0.000000235. The van der Waals surface area contributed by atoms with Crippen LogP contribution in [0.4, 0.5) is 23.3 Å². The van der Waals surface area contributed by atoms with Crippen LogP contribution in [0, 0.1) is 23.2 Å². The summed E-state index contributed by atoms with van der Waals surface area (Å²) < 4.78 is 29.7. The molecule has 392 valence electrons. The number of halogens is 3. The third-order valence-electron chi connectivity index (χ3n) is 10.5. The maximum Gasteiger partial charge on any atom is 0.314 e. The summed E-state index contributed by atoms with van der Waals surface area (Å²) in [6.45, 7) is 16.7. The first kappa shape index (κ1) is 59.0. The molecule has 7 N–H and O–H groups in total. The number of hydrogen-bond donors (Lipinski definition) is 5. The zero-order chi connectivity index (χ0) is 54.3. The van der Waals surface area contributed by atoms with Crippen molar-refractivity contribution in [3.63, 3.8) is 0 Å². The minimum atomic E-state index is -0.733. The molecule has 0 radical (unpaired) electrons. The molecule has 73 heavy (non-hydrogen) atoms. The summed E-state index contributed by atoms with van der Waals surface area (Å²) in [5.74, 6) is 3.00. The molecule has 7 rings (SSSR count). The fourth-order valence-electron chi connectivity index (χ4n) is 6.04. The number of aromatic nitrogens is 4. The first-order chi connectivity index (χ1) is 34.3. The maximum atomic E-state index is 12.7. The van der Waals surface area contributed by atoms with Crippen molar-refractivity contribution in [3.8, 4) is 28.7 Å². The topological polar surface area (TPSA) is 266 Å². The number of hydrogen-bond acceptors (Lipinski definition) is 16. The lowest BCUT2D eigenvalue weighted by Crippen LogP contribution is -2.33. The van der Waals surface area contributed by atoms with E-state index < -0.39 is 16.2 Å². The summed E-state index contributed by atoms with van der Waals surface area (Å²) in [4.78, 5) is 65.7. The number of likely N-dealkylation sites (N-methyl/N-ethyl adjacent to an activating group) is 1. The van der Waals surface area contributed by atoms with Crippen molar-refractivity contribution in [1.82, 2.24) is 24.8 Å². The average Bonchev–Trinajstić information content (AvgIpc) is 3.53. The number of pyridine rings is 4. The molecule has 1 aromatic carbocycles. The van der Waals surface area contributed by atoms with Crippen molar-refractivity contribution in [2.75, 3.05) is 62.7 Å². The quantitative estimate of drug-likeness (QED) is 0.0609. The average molecular weight is 1200 g/mol. The van der Waals surface area contributed by atoms with Gasteiger partial charge in [0, 0.05) is 63.4 Å². The van der Waals surface area contributed by atoms with Gasteiger partial charge >= 0.3 is 5.97 Å². The third-order valence-corrected chi connectivity index (χ3v) is 11.8. The van der Waals surface area contributed by atoms with Gasteiger partial charge in [-0.2, -0.15) is 0 Å². The fourth-order valence-corrected chi connectivity index (χ4v) is 6.98. The van der Waals surface area contributed by atoms with E-state index in [0.29, 0.717) is 58.7 Å². The third kappa shape index (κ3) is 17.6. The number of fused-ring (bicyclic) bond motifs is 2. The van der Waals surface area contributed by atoms with E-state index in [9.17, 15) is 19.2 Å². The Kier molecular flexibility index (Phi) is 21.4. The second-order valence-corrected chi connectivity index (χ2v) is 21.3. The van der Waals surface area contributed by atoms with E-state index in [-0.39, 0.29) is 54.3 Å². The second-order valence-electron chi connectivity index (χ2n) is 18.6. The lowest BCUT2D eigenvalue weighted by molar-refractivity contribution is -0.152. The normalized spacial score (nSPS) is 14.0. The van der Waals surface area contributed by atoms with Crippen LogP contribution in [-0.4, -0.2) is 94.2 Å². The molecule has 4 aromatic heterocycles. The minimum Gasteiger partial charge on any atom is -0.504 e. The highest BCUT2D eigenvalue weighted by atomic mass is 79.9. The molecule has 0 unspecified atom stereocenters. The molecule has 0 spiro atoms. The first-order valence-corrected chi connectivity index (χ1v) is 25.1. The number of carbonyl (C=O) groups excluding carboxylic acids is 4. The summed E-state index contributed by atoms with van der Waals surface area (Å²) >= 11 is 9.69. The van der Waals surface area contributed by atoms with Crippen LogP contribution in [0.1, 0.15) is 71.6 Å².